The molecule has 2 rings (SSSR count). The fourth-order valence-corrected chi connectivity index (χ4v) is 2.77. The number of nitrogen functional groups attached to an aromatic ring is 1. The predicted molar refractivity (Wildman–Crippen MR) is 85.1 cm³/mol. The number of hydrogen-bond acceptors (Lipinski definition) is 4. The summed E-state index contributed by atoms with van der Waals surface area (Å²) in [4.78, 5) is 2.52. The molecule has 1 aromatic rings. The van der Waals surface area contributed by atoms with E-state index in [9.17, 15) is 0 Å². The molecule has 1 aliphatic heterocycles. The number of hydrogen-bond donors (Lipinski definition) is 1. The molecule has 1 aliphatic rings. The summed E-state index contributed by atoms with van der Waals surface area (Å²) in [6, 6.07) is 7.50. The number of likely N-dealkylation sites (tertiary alicyclic amines) is 1. The normalized spacial score (nSPS) is 17.4. The molecule has 4 nitrogen and oxygen atoms in total. The zero-order valence-corrected chi connectivity index (χ0v) is 13.2. The van der Waals surface area contributed by atoms with Gasteiger partial charge in [0.2, 0.25) is 0 Å². The predicted octanol–water partition coefficient (Wildman–Crippen LogP) is 3.03. The maximum Gasteiger partial charge on any atom is 0.139 e. The quantitative estimate of drug-likeness (QED) is 0.868. The number of nitriles is 1. The minimum absolute atomic E-state index is 0.244. The number of rotatable bonds is 3. The first kappa shape index (κ1) is 15.7. The number of nitrogens with two attached hydrogens (primary N) is 1. The van der Waals surface area contributed by atoms with Crippen LogP contribution in [0.3, 0.4) is 0 Å². The largest absolute Gasteiger partial charge is 0.492 e. The summed E-state index contributed by atoms with van der Waals surface area (Å²) in [6.07, 6.45) is 2.28. The van der Waals surface area contributed by atoms with Crippen molar-refractivity contribution >= 4 is 5.69 Å². The van der Waals surface area contributed by atoms with Gasteiger partial charge in [0.05, 0.1) is 12.3 Å². The van der Waals surface area contributed by atoms with E-state index >= 15 is 0 Å². The first-order valence-corrected chi connectivity index (χ1v) is 7.58. The van der Waals surface area contributed by atoms with Gasteiger partial charge in [0, 0.05) is 5.54 Å². The summed E-state index contributed by atoms with van der Waals surface area (Å²) in [7, 11) is 0. The summed E-state index contributed by atoms with van der Waals surface area (Å²) in [5, 5.41) is 9.14. The van der Waals surface area contributed by atoms with E-state index in [0.29, 0.717) is 29.5 Å². The lowest BCUT2D eigenvalue weighted by Crippen LogP contribution is -2.46. The number of anilines is 1. The zero-order chi connectivity index (χ0) is 15.5. The van der Waals surface area contributed by atoms with Crippen LogP contribution in [-0.4, -0.2) is 30.1 Å². The highest BCUT2D eigenvalue weighted by molar-refractivity contribution is 5.60. The van der Waals surface area contributed by atoms with Crippen LogP contribution in [0.2, 0.25) is 0 Å². The van der Waals surface area contributed by atoms with E-state index in [1.165, 1.54) is 0 Å². The van der Waals surface area contributed by atoms with E-state index in [0.717, 1.165) is 25.9 Å². The molecule has 0 atom stereocenters. The van der Waals surface area contributed by atoms with Gasteiger partial charge in [-0.3, -0.25) is 4.90 Å². The second-order valence-corrected chi connectivity index (χ2v) is 6.74. The van der Waals surface area contributed by atoms with Crippen LogP contribution in [0.1, 0.15) is 39.2 Å². The summed E-state index contributed by atoms with van der Waals surface area (Å²) in [5.41, 5.74) is 6.97. The SMILES string of the molecule is CC(C)(C)N1CCC(COc2cccc(N)c2C#N)CC1. The van der Waals surface area contributed by atoms with E-state index in [2.05, 4.69) is 31.7 Å². The van der Waals surface area contributed by atoms with Crippen molar-refractivity contribution in [2.24, 2.45) is 5.92 Å². The van der Waals surface area contributed by atoms with Crippen LogP contribution in [0.4, 0.5) is 5.69 Å². The average molecular weight is 287 g/mol. The maximum absolute atomic E-state index is 9.14. The monoisotopic (exact) mass is 287 g/mol. The summed E-state index contributed by atoms with van der Waals surface area (Å²) < 4.78 is 5.85. The first-order chi connectivity index (χ1) is 9.91. The molecule has 0 spiro atoms. The average Bonchev–Trinajstić information content (AvgIpc) is 2.44. The van der Waals surface area contributed by atoms with Crippen molar-refractivity contribution < 1.29 is 4.74 Å². The Kier molecular flexibility index (Phi) is 4.74. The lowest BCUT2D eigenvalue weighted by molar-refractivity contribution is 0.0720. The highest BCUT2D eigenvalue weighted by Gasteiger charge is 2.27. The van der Waals surface area contributed by atoms with Crippen LogP contribution < -0.4 is 10.5 Å². The lowest BCUT2D eigenvalue weighted by atomic mass is 9.93. The van der Waals surface area contributed by atoms with Crippen molar-refractivity contribution in [1.82, 2.24) is 4.90 Å². The van der Waals surface area contributed by atoms with E-state index < -0.39 is 0 Å². The number of piperidine rings is 1. The van der Waals surface area contributed by atoms with E-state index in [1.807, 2.05) is 12.1 Å². The van der Waals surface area contributed by atoms with Gasteiger partial charge < -0.3 is 10.5 Å². The summed E-state index contributed by atoms with van der Waals surface area (Å²) in [6.45, 7) is 9.66. The highest BCUT2D eigenvalue weighted by Crippen LogP contribution is 2.27. The Morgan fingerprint density at radius 2 is 2.00 bits per heavy atom. The van der Waals surface area contributed by atoms with Crippen molar-refractivity contribution in [3.05, 3.63) is 23.8 Å². The molecule has 0 unspecified atom stereocenters. The van der Waals surface area contributed by atoms with Crippen LogP contribution in [-0.2, 0) is 0 Å². The minimum atomic E-state index is 0.244. The molecule has 2 N–H and O–H groups in total. The van der Waals surface area contributed by atoms with Gasteiger partial charge >= 0.3 is 0 Å². The Balaban J connectivity index is 1.89. The smallest absolute Gasteiger partial charge is 0.139 e. The lowest BCUT2D eigenvalue weighted by Gasteiger charge is -2.40. The Hall–Kier alpha value is -1.73. The second kappa shape index (κ2) is 6.36. The minimum Gasteiger partial charge on any atom is -0.492 e. The Bertz CT molecular complexity index is 520. The maximum atomic E-state index is 9.14. The molecule has 1 heterocycles. The topological polar surface area (TPSA) is 62.3 Å². The van der Waals surface area contributed by atoms with Gasteiger partial charge in [-0.1, -0.05) is 6.07 Å². The van der Waals surface area contributed by atoms with Crippen LogP contribution >= 0.6 is 0 Å². The molecule has 0 aliphatic carbocycles. The van der Waals surface area contributed by atoms with Gasteiger partial charge in [-0.25, -0.2) is 0 Å². The van der Waals surface area contributed by atoms with E-state index in [4.69, 9.17) is 15.7 Å². The third kappa shape index (κ3) is 3.89. The Morgan fingerprint density at radius 3 is 2.57 bits per heavy atom. The molecule has 0 radical (unpaired) electrons. The van der Waals surface area contributed by atoms with Crippen molar-refractivity contribution in [2.75, 3.05) is 25.4 Å². The molecule has 114 valence electrons. The molecule has 4 heteroatoms. The van der Waals surface area contributed by atoms with Crippen LogP contribution in [0, 0.1) is 17.2 Å². The molecule has 0 saturated carbocycles. The fourth-order valence-electron chi connectivity index (χ4n) is 2.77. The fraction of sp³-hybridized carbons (Fsp3) is 0.588. The number of ether oxygens (including phenoxy) is 1. The molecule has 21 heavy (non-hydrogen) atoms. The van der Waals surface area contributed by atoms with Crippen LogP contribution in [0.5, 0.6) is 5.75 Å². The van der Waals surface area contributed by atoms with Crippen molar-refractivity contribution in [3.63, 3.8) is 0 Å². The van der Waals surface area contributed by atoms with Crippen molar-refractivity contribution in [3.8, 4) is 11.8 Å². The van der Waals surface area contributed by atoms with Crippen molar-refractivity contribution in [1.29, 1.82) is 5.26 Å². The Labute approximate surface area is 127 Å². The standard InChI is InChI=1S/C17H25N3O/c1-17(2,3)20-9-7-13(8-10-20)12-21-16-6-4-5-15(19)14(16)11-18/h4-6,13H,7-10,12,19H2,1-3H3. The van der Waals surface area contributed by atoms with Crippen molar-refractivity contribution in [2.45, 2.75) is 39.2 Å². The molecule has 0 aromatic heterocycles. The number of nitrogens with zero attached hydrogens (tertiary/aromatic N) is 2. The third-order valence-corrected chi connectivity index (χ3v) is 4.21. The molecule has 1 aromatic carbocycles. The molecule has 0 bridgehead atoms. The third-order valence-electron chi connectivity index (χ3n) is 4.21. The first-order valence-electron chi connectivity index (χ1n) is 7.58. The van der Waals surface area contributed by atoms with E-state index in [-0.39, 0.29) is 5.54 Å². The summed E-state index contributed by atoms with van der Waals surface area (Å²) in [5.74, 6) is 1.16. The van der Waals surface area contributed by atoms with Gasteiger partial charge in [0.1, 0.15) is 17.4 Å². The highest BCUT2D eigenvalue weighted by atomic mass is 16.5. The van der Waals surface area contributed by atoms with Gasteiger partial charge in [-0.2, -0.15) is 5.26 Å². The molecule has 0 amide bonds. The van der Waals surface area contributed by atoms with Crippen LogP contribution in [0.15, 0.2) is 18.2 Å². The van der Waals surface area contributed by atoms with Gasteiger partial charge in [-0.05, 0) is 64.8 Å². The summed E-state index contributed by atoms with van der Waals surface area (Å²) >= 11 is 0. The van der Waals surface area contributed by atoms with Gasteiger partial charge in [-0.15, -0.1) is 0 Å². The molecular weight excluding hydrogens is 262 g/mol. The van der Waals surface area contributed by atoms with Gasteiger partial charge in [0.15, 0.2) is 0 Å². The van der Waals surface area contributed by atoms with Crippen LogP contribution in [0.25, 0.3) is 0 Å². The van der Waals surface area contributed by atoms with E-state index in [1.54, 1.807) is 6.07 Å². The molecular formula is C17H25N3O. The number of benzene rings is 1. The molecule has 1 fully saturated rings. The second-order valence-electron chi connectivity index (χ2n) is 6.74. The zero-order valence-electron chi connectivity index (χ0n) is 13.2. The molecule has 1 saturated heterocycles. The Morgan fingerprint density at radius 1 is 1.33 bits per heavy atom. The van der Waals surface area contributed by atoms with Gasteiger partial charge in [0.25, 0.3) is 0 Å².